The van der Waals surface area contributed by atoms with Crippen molar-refractivity contribution in [2.45, 2.75) is 65.0 Å². The van der Waals surface area contributed by atoms with Gasteiger partial charge in [-0.05, 0) is 36.1 Å². The van der Waals surface area contributed by atoms with Crippen molar-refractivity contribution in [3.63, 3.8) is 0 Å². The van der Waals surface area contributed by atoms with Crippen LogP contribution < -0.4 is 5.32 Å². The fourth-order valence-electron chi connectivity index (χ4n) is 3.04. The van der Waals surface area contributed by atoms with E-state index in [2.05, 4.69) is 43.6 Å². The van der Waals surface area contributed by atoms with Crippen LogP contribution in [0.25, 0.3) is 0 Å². The molecule has 1 nitrogen and oxygen atoms in total. The Morgan fingerprint density at radius 2 is 2.00 bits per heavy atom. The van der Waals surface area contributed by atoms with E-state index in [-0.39, 0.29) is 0 Å². The minimum atomic E-state index is 0.538. The van der Waals surface area contributed by atoms with Crippen molar-refractivity contribution in [2.75, 3.05) is 0 Å². The van der Waals surface area contributed by atoms with Gasteiger partial charge in [-0.3, -0.25) is 0 Å². The first-order valence-corrected chi connectivity index (χ1v) is 8.36. The zero-order valence-corrected chi connectivity index (χ0v) is 12.8. The molecule has 18 heavy (non-hydrogen) atoms. The highest BCUT2D eigenvalue weighted by Crippen LogP contribution is 2.30. The third kappa shape index (κ3) is 3.58. The van der Waals surface area contributed by atoms with Crippen LogP contribution >= 0.6 is 11.3 Å². The maximum absolute atomic E-state index is 3.96. The van der Waals surface area contributed by atoms with Gasteiger partial charge in [0.1, 0.15) is 0 Å². The highest BCUT2D eigenvalue weighted by Gasteiger charge is 2.25. The van der Waals surface area contributed by atoms with E-state index in [9.17, 15) is 0 Å². The monoisotopic (exact) mass is 265 g/mol. The molecule has 3 atom stereocenters. The molecule has 1 N–H and O–H groups in total. The minimum Gasteiger partial charge on any atom is -0.306 e. The van der Waals surface area contributed by atoms with Gasteiger partial charge in [-0.25, -0.2) is 0 Å². The van der Waals surface area contributed by atoms with E-state index in [1.165, 1.54) is 37.0 Å². The van der Waals surface area contributed by atoms with Crippen molar-refractivity contribution in [3.8, 4) is 0 Å². The molecule has 1 heterocycles. The zero-order valence-electron chi connectivity index (χ0n) is 12.0. The molecule has 0 saturated heterocycles. The normalized spacial score (nSPS) is 27.1. The van der Waals surface area contributed by atoms with Gasteiger partial charge in [0.05, 0.1) is 0 Å². The Hall–Kier alpha value is -0.340. The lowest BCUT2D eigenvalue weighted by Crippen LogP contribution is -2.38. The molecule has 1 aromatic heterocycles. The van der Waals surface area contributed by atoms with E-state index in [0.717, 1.165) is 5.92 Å². The van der Waals surface area contributed by atoms with E-state index in [0.29, 0.717) is 18.0 Å². The second kappa shape index (κ2) is 6.72. The number of thiophene rings is 1. The molecule has 2 heteroatoms. The predicted octanol–water partition coefficient (Wildman–Crippen LogP) is 5.00. The second-order valence-electron chi connectivity index (χ2n) is 6.13. The molecule has 1 aliphatic rings. The molecule has 102 valence electrons. The van der Waals surface area contributed by atoms with Crippen LogP contribution in [-0.4, -0.2) is 6.04 Å². The van der Waals surface area contributed by atoms with Crippen molar-refractivity contribution in [3.05, 3.63) is 22.4 Å². The molecule has 0 spiro atoms. The smallest absolute Gasteiger partial charge is 0.0440 e. The summed E-state index contributed by atoms with van der Waals surface area (Å²) in [5.41, 5.74) is 0. The van der Waals surface area contributed by atoms with Crippen LogP contribution in [0, 0.1) is 11.8 Å². The largest absolute Gasteiger partial charge is 0.306 e. The topological polar surface area (TPSA) is 12.0 Å². The van der Waals surface area contributed by atoms with Crippen LogP contribution in [-0.2, 0) is 0 Å². The van der Waals surface area contributed by atoms with Crippen LogP contribution in [0.2, 0.25) is 0 Å². The fraction of sp³-hybridized carbons (Fsp3) is 0.750. The molecule has 1 aliphatic carbocycles. The van der Waals surface area contributed by atoms with Crippen molar-refractivity contribution in [1.82, 2.24) is 5.32 Å². The van der Waals surface area contributed by atoms with Gasteiger partial charge in [0, 0.05) is 17.0 Å². The number of rotatable bonds is 4. The number of hydrogen-bond donors (Lipinski definition) is 1. The lowest BCUT2D eigenvalue weighted by molar-refractivity contribution is 0.289. The van der Waals surface area contributed by atoms with Gasteiger partial charge < -0.3 is 5.32 Å². The first kappa shape index (κ1) is 14.1. The molecular weight excluding hydrogens is 238 g/mol. The Labute approximate surface area is 116 Å². The average molecular weight is 265 g/mol. The summed E-state index contributed by atoms with van der Waals surface area (Å²) in [7, 11) is 0. The van der Waals surface area contributed by atoms with Gasteiger partial charge in [0.2, 0.25) is 0 Å². The van der Waals surface area contributed by atoms with Gasteiger partial charge in [-0.1, -0.05) is 46.1 Å². The summed E-state index contributed by atoms with van der Waals surface area (Å²) in [4.78, 5) is 1.50. The highest BCUT2D eigenvalue weighted by atomic mass is 32.1. The Kier molecular flexibility index (Phi) is 5.25. The van der Waals surface area contributed by atoms with Gasteiger partial charge in [0.15, 0.2) is 0 Å². The van der Waals surface area contributed by atoms with Crippen molar-refractivity contribution >= 4 is 11.3 Å². The Bertz CT molecular complexity index is 331. The quantitative estimate of drug-likeness (QED) is 0.755. The molecule has 1 fully saturated rings. The molecule has 1 aromatic rings. The van der Waals surface area contributed by atoms with Gasteiger partial charge in [0.25, 0.3) is 0 Å². The molecule has 3 unspecified atom stereocenters. The summed E-state index contributed by atoms with van der Waals surface area (Å²) in [5, 5.41) is 6.16. The van der Waals surface area contributed by atoms with E-state index >= 15 is 0 Å². The summed E-state index contributed by atoms with van der Waals surface area (Å²) < 4.78 is 0. The Morgan fingerprint density at radius 1 is 1.22 bits per heavy atom. The van der Waals surface area contributed by atoms with Crippen LogP contribution in [0.15, 0.2) is 17.5 Å². The lowest BCUT2D eigenvalue weighted by atomic mass is 9.93. The van der Waals surface area contributed by atoms with E-state index in [1.54, 1.807) is 0 Å². The van der Waals surface area contributed by atoms with E-state index < -0.39 is 0 Å². The molecule has 0 bridgehead atoms. The first-order chi connectivity index (χ1) is 8.68. The van der Waals surface area contributed by atoms with Crippen LogP contribution in [0.5, 0.6) is 0 Å². The summed E-state index contributed by atoms with van der Waals surface area (Å²) >= 11 is 1.89. The van der Waals surface area contributed by atoms with Crippen LogP contribution in [0.3, 0.4) is 0 Å². The van der Waals surface area contributed by atoms with Crippen molar-refractivity contribution in [1.29, 1.82) is 0 Å². The van der Waals surface area contributed by atoms with Gasteiger partial charge >= 0.3 is 0 Å². The van der Waals surface area contributed by atoms with E-state index in [1.807, 2.05) is 11.3 Å². The Balaban J connectivity index is 2.04. The first-order valence-electron chi connectivity index (χ1n) is 7.48. The molecular formula is C16H27NS. The fourth-order valence-corrected chi connectivity index (χ4v) is 4.00. The summed E-state index contributed by atoms with van der Waals surface area (Å²) in [6.45, 7) is 7.09. The van der Waals surface area contributed by atoms with Crippen LogP contribution in [0.4, 0.5) is 0 Å². The highest BCUT2D eigenvalue weighted by molar-refractivity contribution is 7.10. The third-order valence-electron chi connectivity index (χ3n) is 4.27. The molecule has 0 aliphatic heterocycles. The number of hydrogen-bond acceptors (Lipinski definition) is 2. The lowest BCUT2D eigenvalue weighted by Gasteiger charge is -2.30. The summed E-state index contributed by atoms with van der Waals surface area (Å²) in [5.74, 6) is 1.49. The SMILES string of the molecule is CC(C)C(NC1CCCCCC1C)c1cccs1. The predicted molar refractivity (Wildman–Crippen MR) is 81.1 cm³/mol. The molecule has 0 radical (unpaired) electrons. The zero-order chi connectivity index (χ0) is 13.0. The van der Waals surface area contributed by atoms with Crippen LogP contribution in [0.1, 0.15) is 63.8 Å². The molecule has 0 amide bonds. The average Bonchev–Trinajstić information content (AvgIpc) is 2.78. The maximum Gasteiger partial charge on any atom is 0.0440 e. The van der Waals surface area contributed by atoms with Crippen molar-refractivity contribution < 1.29 is 0 Å². The molecule has 1 saturated carbocycles. The Morgan fingerprint density at radius 3 is 2.67 bits per heavy atom. The summed E-state index contributed by atoms with van der Waals surface area (Å²) in [6, 6.07) is 5.70. The molecule has 2 rings (SSSR count). The maximum atomic E-state index is 3.96. The third-order valence-corrected chi connectivity index (χ3v) is 5.23. The van der Waals surface area contributed by atoms with Gasteiger partial charge in [-0.2, -0.15) is 0 Å². The minimum absolute atomic E-state index is 0.538. The van der Waals surface area contributed by atoms with E-state index in [4.69, 9.17) is 0 Å². The van der Waals surface area contributed by atoms with Crippen molar-refractivity contribution in [2.24, 2.45) is 11.8 Å². The second-order valence-corrected chi connectivity index (χ2v) is 7.10. The summed E-state index contributed by atoms with van der Waals surface area (Å²) in [6.07, 6.45) is 7.00. The standard InChI is InChI=1S/C16H27NS/c1-12(2)16(15-10-7-11-18-15)17-14-9-6-4-5-8-13(14)3/h7,10-14,16-17H,4-6,8-9H2,1-3H3. The molecule has 0 aromatic carbocycles. The van der Waals surface area contributed by atoms with Gasteiger partial charge in [-0.15, -0.1) is 11.3 Å². The number of nitrogens with one attached hydrogen (secondary N) is 1.